The average molecular weight is 365 g/mol. The number of anilines is 3. The topological polar surface area (TPSA) is 104 Å². The minimum Gasteiger partial charge on any atom is -0.324 e. The molecule has 2 aromatic rings. The van der Waals surface area contributed by atoms with Gasteiger partial charge in [0.2, 0.25) is 15.9 Å². The van der Waals surface area contributed by atoms with Crippen molar-refractivity contribution in [2.24, 2.45) is 0 Å². The third kappa shape index (κ3) is 5.28. The monoisotopic (exact) mass is 365 g/mol. The zero-order valence-corrected chi connectivity index (χ0v) is 14.3. The number of hydrogen-bond acceptors (Lipinski definition) is 4. The van der Waals surface area contributed by atoms with Gasteiger partial charge in [-0.05, 0) is 30.3 Å². The first-order valence-electron chi connectivity index (χ1n) is 7.11. The highest BCUT2D eigenvalue weighted by Crippen LogP contribution is 2.22. The lowest BCUT2D eigenvalue weighted by Crippen LogP contribution is -2.17. The van der Waals surface area contributed by atoms with Gasteiger partial charge in [-0.25, -0.2) is 12.8 Å². The maximum Gasteiger partial charge on any atom is 0.257 e. The number of halogens is 1. The van der Waals surface area contributed by atoms with Crippen LogP contribution in [0.15, 0.2) is 42.5 Å². The van der Waals surface area contributed by atoms with E-state index in [1.165, 1.54) is 31.2 Å². The van der Waals surface area contributed by atoms with Crippen molar-refractivity contribution < 1.29 is 22.4 Å². The van der Waals surface area contributed by atoms with Gasteiger partial charge in [-0.3, -0.25) is 14.3 Å². The summed E-state index contributed by atoms with van der Waals surface area (Å²) in [5.41, 5.74) is 0.377. The maximum atomic E-state index is 13.6. The Bertz CT molecular complexity index is 929. The van der Waals surface area contributed by atoms with E-state index < -0.39 is 27.7 Å². The first-order chi connectivity index (χ1) is 11.7. The Hall–Kier alpha value is -2.94. The first kappa shape index (κ1) is 18.4. The van der Waals surface area contributed by atoms with Crippen LogP contribution in [0.2, 0.25) is 0 Å². The third-order valence-electron chi connectivity index (χ3n) is 3.00. The molecule has 0 spiro atoms. The molecule has 9 heteroatoms. The quantitative estimate of drug-likeness (QED) is 0.757. The van der Waals surface area contributed by atoms with Crippen LogP contribution in [0.25, 0.3) is 0 Å². The molecule has 0 saturated carbocycles. The molecule has 7 nitrogen and oxygen atoms in total. The van der Waals surface area contributed by atoms with E-state index in [0.29, 0.717) is 0 Å². The van der Waals surface area contributed by atoms with Crippen molar-refractivity contribution in [1.82, 2.24) is 0 Å². The second-order valence-electron chi connectivity index (χ2n) is 5.25. The van der Waals surface area contributed by atoms with Crippen LogP contribution in [0, 0.1) is 5.82 Å². The highest BCUT2D eigenvalue weighted by atomic mass is 32.2. The van der Waals surface area contributed by atoms with E-state index in [-0.39, 0.29) is 22.6 Å². The molecular formula is C16H16FN3O4S. The number of carbonyl (C=O) groups is 2. The summed E-state index contributed by atoms with van der Waals surface area (Å²) in [5, 5.41) is 4.85. The van der Waals surface area contributed by atoms with E-state index in [2.05, 4.69) is 15.4 Å². The van der Waals surface area contributed by atoms with Crippen molar-refractivity contribution in [3.8, 4) is 0 Å². The molecule has 0 aliphatic rings. The molecule has 25 heavy (non-hydrogen) atoms. The fourth-order valence-corrected chi connectivity index (χ4v) is 2.63. The molecule has 132 valence electrons. The zero-order chi connectivity index (χ0) is 18.6. The van der Waals surface area contributed by atoms with Gasteiger partial charge in [0.05, 0.1) is 23.2 Å². The minimum absolute atomic E-state index is 0.0761. The highest BCUT2D eigenvalue weighted by Gasteiger charge is 2.15. The molecule has 0 unspecified atom stereocenters. The van der Waals surface area contributed by atoms with E-state index in [4.69, 9.17) is 0 Å². The van der Waals surface area contributed by atoms with Gasteiger partial charge >= 0.3 is 0 Å². The number of amides is 2. The summed E-state index contributed by atoms with van der Waals surface area (Å²) in [4.78, 5) is 23.5. The summed E-state index contributed by atoms with van der Waals surface area (Å²) < 4.78 is 38.7. The largest absolute Gasteiger partial charge is 0.324 e. The van der Waals surface area contributed by atoms with Gasteiger partial charge in [0, 0.05) is 12.6 Å². The summed E-state index contributed by atoms with van der Waals surface area (Å²) in [5.74, 6) is -1.69. The molecule has 0 aliphatic carbocycles. The van der Waals surface area contributed by atoms with Crippen LogP contribution in [0.3, 0.4) is 0 Å². The van der Waals surface area contributed by atoms with Gasteiger partial charge in [-0.2, -0.15) is 0 Å². The van der Waals surface area contributed by atoms with E-state index in [9.17, 15) is 22.4 Å². The van der Waals surface area contributed by atoms with Crippen LogP contribution < -0.4 is 15.4 Å². The zero-order valence-electron chi connectivity index (χ0n) is 13.5. The summed E-state index contributed by atoms with van der Waals surface area (Å²) >= 11 is 0. The predicted octanol–water partition coefficient (Wildman–Crippen LogP) is 2.41. The number of para-hydroxylation sites is 1. The number of nitrogens with one attached hydrogen (secondary N) is 3. The van der Waals surface area contributed by atoms with Crippen LogP contribution in [0.4, 0.5) is 21.5 Å². The molecule has 3 N–H and O–H groups in total. The van der Waals surface area contributed by atoms with Crippen LogP contribution in [0.1, 0.15) is 17.3 Å². The van der Waals surface area contributed by atoms with Gasteiger partial charge in [-0.1, -0.05) is 12.1 Å². The third-order valence-corrected chi connectivity index (χ3v) is 3.59. The normalized spacial score (nSPS) is 10.8. The maximum absolute atomic E-state index is 13.6. The molecule has 2 rings (SSSR count). The van der Waals surface area contributed by atoms with E-state index in [1.54, 1.807) is 12.1 Å². The number of sulfonamides is 1. The van der Waals surface area contributed by atoms with Gasteiger partial charge < -0.3 is 10.6 Å². The summed E-state index contributed by atoms with van der Waals surface area (Å²) in [6, 6.07) is 9.74. The molecule has 0 aliphatic heterocycles. The lowest BCUT2D eigenvalue weighted by molar-refractivity contribution is -0.114. The number of rotatable bonds is 5. The molecule has 0 saturated heterocycles. The molecule has 0 heterocycles. The van der Waals surface area contributed by atoms with Gasteiger partial charge in [0.1, 0.15) is 5.82 Å². The van der Waals surface area contributed by atoms with Crippen LogP contribution in [0.5, 0.6) is 0 Å². The van der Waals surface area contributed by atoms with E-state index in [1.807, 2.05) is 0 Å². The number of hydrogen-bond donors (Lipinski definition) is 3. The summed E-state index contributed by atoms with van der Waals surface area (Å²) in [7, 11) is -3.56. The van der Waals surface area contributed by atoms with Crippen LogP contribution >= 0.6 is 0 Å². The fourth-order valence-electron chi connectivity index (χ4n) is 2.06. The van der Waals surface area contributed by atoms with Gasteiger partial charge in [0.15, 0.2) is 0 Å². The Morgan fingerprint density at radius 1 is 1.00 bits per heavy atom. The summed E-state index contributed by atoms with van der Waals surface area (Å²) in [6.07, 6.45) is 0.974. The van der Waals surface area contributed by atoms with E-state index in [0.717, 1.165) is 12.3 Å². The van der Waals surface area contributed by atoms with Crippen LogP contribution in [-0.4, -0.2) is 26.5 Å². The Morgan fingerprint density at radius 2 is 1.68 bits per heavy atom. The molecule has 2 amide bonds. The van der Waals surface area contributed by atoms with Gasteiger partial charge in [0.25, 0.3) is 5.91 Å². The minimum atomic E-state index is -3.56. The molecule has 0 bridgehead atoms. The van der Waals surface area contributed by atoms with Crippen molar-refractivity contribution in [2.45, 2.75) is 6.92 Å². The first-order valence-corrected chi connectivity index (χ1v) is 9.00. The van der Waals surface area contributed by atoms with Crippen molar-refractivity contribution in [3.63, 3.8) is 0 Å². The average Bonchev–Trinajstić information content (AvgIpc) is 2.49. The number of benzene rings is 2. The van der Waals surface area contributed by atoms with Crippen molar-refractivity contribution in [1.29, 1.82) is 0 Å². The fraction of sp³-hybridized carbons (Fsp3) is 0.125. The van der Waals surface area contributed by atoms with Crippen LogP contribution in [-0.2, 0) is 14.8 Å². The molecule has 0 fully saturated rings. The molecule has 0 aromatic heterocycles. The van der Waals surface area contributed by atoms with Gasteiger partial charge in [-0.15, -0.1) is 0 Å². The Morgan fingerprint density at radius 3 is 2.32 bits per heavy atom. The second-order valence-corrected chi connectivity index (χ2v) is 7.00. The summed E-state index contributed by atoms with van der Waals surface area (Å²) in [6.45, 7) is 1.23. The Balaban J connectivity index is 2.27. The molecular weight excluding hydrogens is 349 g/mol. The van der Waals surface area contributed by atoms with Crippen molar-refractivity contribution >= 4 is 38.9 Å². The van der Waals surface area contributed by atoms with E-state index >= 15 is 0 Å². The van der Waals surface area contributed by atoms with Crippen molar-refractivity contribution in [2.75, 3.05) is 21.6 Å². The lowest BCUT2D eigenvalue weighted by Gasteiger charge is -2.12. The van der Waals surface area contributed by atoms with Crippen molar-refractivity contribution in [3.05, 3.63) is 53.8 Å². The SMILES string of the molecule is CC(=O)Nc1cc(NC(=O)c2ccccc2NS(C)(=O)=O)ccc1F. The standard InChI is InChI=1S/C16H16FN3O4S/c1-10(21)18-15-9-11(7-8-13(15)17)19-16(22)12-5-3-4-6-14(12)20-25(2,23)24/h3-9,20H,1-2H3,(H,18,21)(H,19,22). The predicted molar refractivity (Wildman–Crippen MR) is 93.6 cm³/mol. The second kappa shape index (κ2) is 7.31. The number of carbonyl (C=O) groups excluding carboxylic acids is 2. The Labute approximate surface area is 144 Å². The smallest absolute Gasteiger partial charge is 0.257 e. The lowest BCUT2D eigenvalue weighted by atomic mass is 10.1. The highest BCUT2D eigenvalue weighted by molar-refractivity contribution is 7.92. The Kier molecular flexibility index (Phi) is 5.38. The molecule has 0 radical (unpaired) electrons. The molecule has 2 aromatic carbocycles. The molecule has 0 atom stereocenters.